The number of rotatable bonds is 5. The van der Waals surface area contributed by atoms with Gasteiger partial charge in [-0.3, -0.25) is 0 Å². The molecule has 1 N–H and O–H groups in total. The SMILES string of the molecule is Cc1ccc(OCC(O)CN2CCCC(C)C2)c(C)c1.Cl. The standard InChI is InChI=1S/C17H27NO2.ClH/c1-13-6-7-17(15(3)9-13)20-12-16(19)11-18-8-4-5-14(2)10-18;/h6-7,9,14,16,19H,4-5,8,10-12H2,1-3H3;1H. The van der Waals surface area contributed by atoms with Gasteiger partial charge >= 0.3 is 0 Å². The molecule has 0 aliphatic carbocycles. The molecule has 0 spiro atoms. The summed E-state index contributed by atoms with van der Waals surface area (Å²) in [5, 5.41) is 10.1. The van der Waals surface area contributed by atoms with Crippen LogP contribution in [0.1, 0.15) is 30.9 Å². The molecule has 0 aromatic heterocycles. The molecule has 1 aliphatic rings. The van der Waals surface area contributed by atoms with Crippen LogP contribution in [0.15, 0.2) is 18.2 Å². The number of β-amino-alcohol motifs (C(OH)–C–C–N with tert-alkyl or cyclic N) is 1. The van der Waals surface area contributed by atoms with Crippen molar-refractivity contribution in [2.24, 2.45) is 5.92 Å². The fourth-order valence-corrected chi connectivity index (χ4v) is 2.95. The van der Waals surface area contributed by atoms with E-state index in [9.17, 15) is 5.11 Å². The summed E-state index contributed by atoms with van der Waals surface area (Å²) in [6.07, 6.45) is 2.14. The first kappa shape index (κ1) is 18.3. The van der Waals surface area contributed by atoms with E-state index in [1.807, 2.05) is 19.1 Å². The van der Waals surface area contributed by atoms with Gasteiger partial charge < -0.3 is 14.7 Å². The minimum Gasteiger partial charge on any atom is -0.491 e. The van der Waals surface area contributed by atoms with Gasteiger partial charge in [0.15, 0.2) is 0 Å². The zero-order chi connectivity index (χ0) is 14.5. The lowest BCUT2D eigenvalue weighted by atomic mass is 10.0. The van der Waals surface area contributed by atoms with E-state index in [4.69, 9.17) is 4.74 Å². The summed E-state index contributed by atoms with van der Waals surface area (Å²) in [6.45, 7) is 9.69. The molecule has 4 heteroatoms. The molecule has 1 aliphatic heterocycles. The number of piperidine rings is 1. The highest BCUT2D eigenvalue weighted by atomic mass is 35.5. The van der Waals surface area contributed by atoms with Gasteiger partial charge in [-0.05, 0) is 50.8 Å². The molecular weight excluding hydrogens is 286 g/mol. The largest absolute Gasteiger partial charge is 0.491 e. The fraction of sp³-hybridized carbons (Fsp3) is 0.647. The highest BCUT2D eigenvalue weighted by molar-refractivity contribution is 5.85. The Bertz CT molecular complexity index is 439. The third-order valence-corrected chi connectivity index (χ3v) is 3.97. The first-order chi connectivity index (χ1) is 9.54. The molecule has 120 valence electrons. The molecule has 0 saturated carbocycles. The van der Waals surface area contributed by atoms with Crippen molar-refractivity contribution in [3.8, 4) is 5.75 Å². The smallest absolute Gasteiger partial charge is 0.122 e. The van der Waals surface area contributed by atoms with Gasteiger partial charge in [-0.25, -0.2) is 0 Å². The van der Waals surface area contributed by atoms with E-state index < -0.39 is 6.10 Å². The van der Waals surface area contributed by atoms with Crippen molar-refractivity contribution < 1.29 is 9.84 Å². The highest BCUT2D eigenvalue weighted by Gasteiger charge is 2.19. The Morgan fingerprint density at radius 3 is 2.81 bits per heavy atom. The van der Waals surface area contributed by atoms with Crippen molar-refractivity contribution in [2.45, 2.75) is 39.7 Å². The Balaban J connectivity index is 0.00000220. The van der Waals surface area contributed by atoms with E-state index in [1.165, 1.54) is 18.4 Å². The molecule has 2 rings (SSSR count). The molecule has 0 amide bonds. The van der Waals surface area contributed by atoms with E-state index in [2.05, 4.69) is 24.8 Å². The quantitative estimate of drug-likeness (QED) is 0.906. The second-order valence-corrected chi connectivity index (χ2v) is 6.24. The summed E-state index contributed by atoms with van der Waals surface area (Å²) in [4.78, 5) is 2.35. The van der Waals surface area contributed by atoms with Crippen molar-refractivity contribution >= 4 is 12.4 Å². The van der Waals surface area contributed by atoms with Crippen LogP contribution in [0.4, 0.5) is 0 Å². The third kappa shape index (κ3) is 5.85. The molecule has 3 nitrogen and oxygen atoms in total. The summed E-state index contributed by atoms with van der Waals surface area (Å²) in [5.41, 5.74) is 2.36. The van der Waals surface area contributed by atoms with Crippen molar-refractivity contribution in [2.75, 3.05) is 26.2 Å². The summed E-state index contributed by atoms with van der Waals surface area (Å²) in [6, 6.07) is 6.13. The Morgan fingerprint density at radius 1 is 1.38 bits per heavy atom. The second kappa shape index (κ2) is 8.62. The molecule has 1 aromatic carbocycles. The molecule has 1 saturated heterocycles. The molecule has 21 heavy (non-hydrogen) atoms. The van der Waals surface area contributed by atoms with Gasteiger partial charge in [-0.1, -0.05) is 24.6 Å². The molecule has 0 radical (unpaired) electrons. The van der Waals surface area contributed by atoms with E-state index >= 15 is 0 Å². The minimum atomic E-state index is -0.416. The van der Waals surface area contributed by atoms with E-state index in [0.29, 0.717) is 6.61 Å². The Morgan fingerprint density at radius 2 is 2.14 bits per heavy atom. The topological polar surface area (TPSA) is 32.7 Å². The Hall–Kier alpha value is -0.770. The monoisotopic (exact) mass is 313 g/mol. The lowest BCUT2D eigenvalue weighted by molar-refractivity contribution is 0.0535. The molecule has 2 unspecified atom stereocenters. The van der Waals surface area contributed by atoms with Gasteiger partial charge in [0.05, 0.1) is 0 Å². The Kier molecular flexibility index (Phi) is 7.50. The third-order valence-electron chi connectivity index (χ3n) is 3.97. The van der Waals surface area contributed by atoms with Crippen molar-refractivity contribution in [1.82, 2.24) is 4.90 Å². The van der Waals surface area contributed by atoms with Crippen LogP contribution in [-0.2, 0) is 0 Å². The number of benzene rings is 1. The molecule has 1 aromatic rings. The predicted octanol–water partition coefficient (Wildman–Crippen LogP) is 3.20. The van der Waals surface area contributed by atoms with Gasteiger partial charge in [0.2, 0.25) is 0 Å². The molecule has 1 heterocycles. The van der Waals surface area contributed by atoms with Crippen LogP contribution in [0, 0.1) is 19.8 Å². The first-order valence-electron chi connectivity index (χ1n) is 7.65. The van der Waals surface area contributed by atoms with E-state index in [-0.39, 0.29) is 12.4 Å². The zero-order valence-electron chi connectivity index (χ0n) is 13.3. The van der Waals surface area contributed by atoms with Crippen molar-refractivity contribution in [3.63, 3.8) is 0 Å². The first-order valence-corrected chi connectivity index (χ1v) is 7.65. The number of aryl methyl sites for hydroxylation is 2. The number of likely N-dealkylation sites (tertiary alicyclic amines) is 1. The average molecular weight is 314 g/mol. The zero-order valence-corrected chi connectivity index (χ0v) is 14.2. The predicted molar refractivity (Wildman–Crippen MR) is 89.5 cm³/mol. The van der Waals surface area contributed by atoms with Gasteiger partial charge in [0.25, 0.3) is 0 Å². The summed E-state index contributed by atoms with van der Waals surface area (Å²) < 4.78 is 5.75. The lowest BCUT2D eigenvalue weighted by Gasteiger charge is -2.32. The highest BCUT2D eigenvalue weighted by Crippen LogP contribution is 2.19. The van der Waals surface area contributed by atoms with E-state index in [1.54, 1.807) is 0 Å². The summed E-state index contributed by atoms with van der Waals surface area (Å²) in [7, 11) is 0. The molecular formula is C17H28ClNO2. The normalized spacial score (nSPS) is 20.7. The summed E-state index contributed by atoms with van der Waals surface area (Å²) in [5.74, 6) is 1.62. The minimum absolute atomic E-state index is 0. The van der Waals surface area contributed by atoms with Crippen LogP contribution in [0.5, 0.6) is 5.75 Å². The lowest BCUT2D eigenvalue weighted by Crippen LogP contribution is -2.41. The van der Waals surface area contributed by atoms with Crippen LogP contribution in [0.25, 0.3) is 0 Å². The van der Waals surface area contributed by atoms with Crippen LogP contribution in [0.2, 0.25) is 0 Å². The molecule has 2 atom stereocenters. The number of aliphatic hydroxyl groups excluding tert-OH is 1. The number of nitrogens with zero attached hydrogens (tertiary/aromatic N) is 1. The van der Waals surface area contributed by atoms with Gasteiger partial charge in [-0.2, -0.15) is 0 Å². The maximum absolute atomic E-state index is 10.1. The number of hydrogen-bond acceptors (Lipinski definition) is 3. The number of aliphatic hydroxyl groups is 1. The maximum atomic E-state index is 10.1. The van der Waals surface area contributed by atoms with Crippen LogP contribution >= 0.6 is 12.4 Å². The molecule has 0 bridgehead atoms. The maximum Gasteiger partial charge on any atom is 0.122 e. The number of halogens is 1. The van der Waals surface area contributed by atoms with Gasteiger partial charge in [-0.15, -0.1) is 12.4 Å². The van der Waals surface area contributed by atoms with Gasteiger partial charge in [0, 0.05) is 13.1 Å². The van der Waals surface area contributed by atoms with E-state index in [0.717, 1.165) is 36.9 Å². The number of hydrogen-bond donors (Lipinski definition) is 1. The van der Waals surface area contributed by atoms with Crippen LogP contribution < -0.4 is 4.74 Å². The van der Waals surface area contributed by atoms with Crippen LogP contribution in [0.3, 0.4) is 0 Å². The van der Waals surface area contributed by atoms with Crippen LogP contribution in [-0.4, -0.2) is 42.4 Å². The van der Waals surface area contributed by atoms with Crippen molar-refractivity contribution in [1.29, 1.82) is 0 Å². The van der Waals surface area contributed by atoms with Crippen molar-refractivity contribution in [3.05, 3.63) is 29.3 Å². The fourth-order valence-electron chi connectivity index (χ4n) is 2.95. The second-order valence-electron chi connectivity index (χ2n) is 6.24. The number of ether oxygens (including phenoxy) is 1. The van der Waals surface area contributed by atoms with Gasteiger partial charge in [0.1, 0.15) is 18.5 Å². The Labute approximate surface area is 134 Å². The summed E-state index contributed by atoms with van der Waals surface area (Å²) >= 11 is 0. The average Bonchev–Trinajstić information content (AvgIpc) is 2.37. The molecule has 1 fully saturated rings.